The zero-order valence-electron chi connectivity index (χ0n) is 13.6. The predicted molar refractivity (Wildman–Crippen MR) is 98.1 cm³/mol. The Labute approximate surface area is 152 Å². The van der Waals surface area contributed by atoms with Gasteiger partial charge in [0.2, 0.25) is 0 Å². The second-order valence-corrected chi connectivity index (χ2v) is 7.50. The van der Waals surface area contributed by atoms with E-state index < -0.39 is 5.92 Å². The van der Waals surface area contributed by atoms with Crippen molar-refractivity contribution >= 4 is 46.0 Å². The molecule has 1 aliphatic heterocycles. The number of ether oxygens (including phenoxy) is 1. The molecule has 6 nitrogen and oxygen atoms in total. The number of Topliss-reactive ketones (excluding diaryl/α,β-unsaturated/α-hetero) is 1. The van der Waals surface area contributed by atoms with E-state index in [0.717, 1.165) is 28.8 Å². The Morgan fingerprint density at radius 3 is 2.64 bits per heavy atom. The van der Waals surface area contributed by atoms with Crippen LogP contribution in [0.2, 0.25) is 0 Å². The third-order valence-electron chi connectivity index (χ3n) is 3.46. The summed E-state index contributed by atoms with van der Waals surface area (Å²) in [5.74, 6) is -0.703. The summed E-state index contributed by atoms with van der Waals surface area (Å²) in [5, 5.41) is 17.9. The molecule has 0 spiro atoms. The fraction of sp³-hybridized carbons (Fsp3) is 0.235. The van der Waals surface area contributed by atoms with Crippen molar-refractivity contribution in [3.63, 3.8) is 0 Å². The van der Waals surface area contributed by atoms with E-state index in [-0.39, 0.29) is 16.8 Å². The van der Waals surface area contributed by atoms with Gasteiger partial charge in [-0.15, -0.1) is 21.5 Å². The number of nitrogens with zero attached hydrogens (tertiary/aromatic N) is 2. The van der Waals surface area contributed by atoms with Crippen LogP contribution in [0, 0.1) is 5.41 Å². The van der Waals surface area contributed by atoms with E-state index >= 15 is 0 Å². The standard InChI is InChI=1S/C17H15N3O3S2/c1-3-13-19-20-17(25-13)14-15(22)12(24-16(14)18)8-10-4-6-11(7-5-10)23-9(2)21/h4-8,14,18H,3H2,1-2H3/b12-8-,18-16?/t14-/m0/s1. The van der Waals surface area contributed by atoms with E-state index in [9.17, 15) is 9.59 Å². The molecule has 25 heavy (non-hydrogen) atoms. The van der Waals surface area contributed by atoms with Gasteiger partial charge in [0.25, 0.3) is 0 Å². The first kappa shape index (κ1) is 17.5. The molecule has 2 heterocycles. The van der Waals surface area contributed by atoms with Gasteiger partial charge >= 0.3 is 5.97 Å². The topological polar surface area (TPSA) is 93.0 Å². The number of hydrogen-bond acceptors (Lipinski definition) is 8. The van der Waals surface area contributed by atoms with Crippen LogP contribution in [0.15, 0.2) is 29.2 Å². The van der Waals surface area contributed by atoms with Gasteiger partial charge in [0.1, 0.15) is 21.7 Å². The van der Waals surface area contributed by atoms with E-state index in [0.29, 0.717) is 15.7 Å². The summed E-state index contributed by atoms with van der Waals surface area (Å²) in [6, 6.07) is 6.85. The lowest BCUT2D eigenvalue weighted by Crippen LogP contribution is -2.11. The summed E-state index contributed by atoms with van der Waals surface area (Å²) in [5.41, 5.74) is 0.798. The molecule has 1 saturated heterocycles. The van der Waals surface area contributed by atoms with Crippen molar-refractivity contribution in [3.05, 3.63) is 44.7 Å². The van der Waals surface area contributed by atoms with Crippen LogP contribution in [0.1, 0.15) is 35.3 Å². The smallest absolute Gasteiger partial charge is 0.308 e. The summed E-state index contributed by atoms with van der Waals surface area (Å²) >= 11 is 2.53. The number of nitrogens with one attached hydrogen (secondary N) is 1. The molecule has 0 aliphatic carbocycles. The van der Waals surface area contributed by atoms with E-state index in [4.69, 9.17) is 10.1 Å². The fourth-order valence-corrected chi connectivity index (χ4v) is 4.24. The van der Waals surface area contributed by atoms with Gasteiger partial charge in [-0.1, -0.05) is 30.8 Å². The van der Waals surface area contributed by atoms with Crippen LogP contribution in [0.3, 0.4) is 0 Å². The normalized spacial score (nSPS) is 18.8. The Bertz CT molecular complexity index is 872. The van der Waals surface area contributed by atoms with Gasteiger partial charge in [-0.05, 0) is 30.2 Å². The lowest BCUT2D eigenvalue weighted by Gasteiger charge is -2.02. The number of allylic oxidation sites excluding steroid dienone is 1. The SMILES string of the molecule is CCc1nnc([C@@H]2C(=N)S/C(=C\c3ccc(OC(C)=O)cc3)C2=O)s1. The maximum absolute atomic E-state index is 12.7. The largest absolute Gasteiger partial charge is 0.427 e. The highest BCUT2D eigenvalue weighted by atomic mass is 32.2. The summed E-state index contributed by atoms with van der Waals surface area (Å²) < 4.78 is 4.99. The molecule has 0 radical (unpaired) electrons. The van der Waals surface area contributed by atoms with Crippen LogP contribution < -0.4 is 4.74 Å². The fourth-order valence-electron chi connectivity index (χ4n) is 2.29. The highest BCUT2D eigenvalue weighted by Gasteiger charge is 2.39. The minimum absolute atomic E-state index is 0.127. The quantitative estimate of drug-likeness (QED) is 0.501. The number of hydrogen-bond donors (Lipinski definition) is 1. The Kier molecular flexibility index (Phi) is 5.10. The zero-order chi connectivity index (χ0) is 18.0. The van der Waals surface area contributed by atoms with Crippen molar-refractivity contribution in [1.82, 2.24) is 10.2 Å². The highest BCUT2D eigenvalue weighted by molar-refractivity contribution is 8.19. The summed E-state index contributed by atoms with van der Waals surface area (Å²) in [6.07, 6.45) is 2.50. The van der Waals surface area contributed by atoms with Gasteiger partial charge in [0.15, 0.2) is 5.78 Å². The molecule has 1 N–H and O–H groups in total. The van der Waals surface area contributed by atoms with E-state index in [1.54, 1.807) is 30.3 Å². The van der Waals surface area contributed by atoms with E-state index in [2.05, 4.69) is 10.2 Å². The average Bonchev–Trinajstić information content (AvgIpc) is 3.13. The van der Waals surface area contributed by atoms with Crippen molar-refractivity contribution in [1.29, 1.82) is 5.41 Å². The van der Waals surface area contributed by atoms with Crippen LogP contribution in [-0.2, 0) is 16.0 Å². The highest BCUT2D eigenvalue weighted by Crippen LogP contribution is 2.41. The number of aromatic nitrogens is 2. The number of carbonyl (C=O) groups excluding carboxylic acids is 2. The third-order valence-corrected chi connectivity index (χ3v) is 5.59. The molecule has 2 aromatic rings. The summed E-state index contributed by atoms with van der Waals surface area (Å²) in [7, 11) is 0. The van der Waals surface area contributed by atoms with E-state index in [1.165, 1.54) is 18.3 Å². The number of ketones is 1. The maximum Gasteiger partial charge on any atom is 0.308 e. The number of esters is 1. The number of thioether (sulfide) groups is 1. The van der Waals surface area contributed by atoms with Gasteiger partial charge < -0.3 is 4.74 Å². The molecular formula is C17H15N3O3S2. The monoisotopic (exact) mass is 373 g/mol. The molecule has 8 heteroatoms. The lowest BCUT2D eigenvalue weighted by molar-refractivity contribution is -0.131. The Hall–Kier alpha value is -2.32. The Morgan fingerprint density at radius 2 is 2.04 bits per heavy atom. The van der Waals surface area contributed by atoms with Gasteiger partial charge in [0, 0.05) is 6.92 Å². The van der Waals surface area contributed by atoms with Crippen molar-refractivity contribution in [2.24, 2.45) is 0 Å². The third kappa shape index (κ3) is 3.85. The Morgan fingerprint density at radius 1 is 1.32 bits per heavy atom. The van der Waals surface area contributed by atoms with Gasteiger partial charge in [0.05, 0.1) is 9.95 Å². The van der Waals surface area contributed by atoms with Gasteiger partial charge in [-0.3, -0.25) is 15.0 Å². The van der Waals surface area contributed by atoms with Crippen LogP contribution in [0.5, 0.6) is 5.75 Å². The molecule has 1 aromatic carbocycles. The second kappa shape index (κ2) is 7.28. The van der Waals surface area contributed by atoms with Crippen molar-refractivity contribution in [3.8, 4) is 5.75 Å². The predicted octanol–water partition coefficient (Wildman–Crippen LogP) is 3.44. The number of benzene rings is 1. The summed E-state index contributed by atoms with van der Waals surface area (Å²) in [6.45, 7) is 3.32. The van der Waals surface area contributed by atoms with Gasteiger partial charge in [-0.2, -0.15) is 0 Å². The molecule has 128 valence electrons. The molecule has 1 aromatic heterocycles. The minimum Gasteiger partial charge on any atom is -0.427 e. The van der Waals surface area contributed by atoms with Crippen molar-refractivity contribution < 1.29 is 14.3 Å². The summed E-state index contributed by atoms with van der Waals surface area (Å²) in [4.78, 5) is 24.1. The maximum atomic E-state index is 12.7. The molecule has 1 atom stereocenters. The molecule has 1 fully saturated rings. The first-order chi connectivity index (χ1) is 12.0. The number of aryl methyl sites for hydroxylation is 1. The molecule has 1 aliphatic rings. The zero-order valence-corrected chi connectivity index (χ0v) is 15.2. The van der Waals surface area contributed by atoms with Crippen LogP contribution in [-0.4, -0.2) is 27.0 Å². The molecule has 0 unspecified atom stereocenters. The molecule has 0 saturated carbocycles. The molecule has 0 amide bonds. The van der Waals surface area contributed by atoms with Crippen LogP contribution in [0.25, 0.3) is 6.08 Å². The van der Waals surface area contributed by atoms with Crippen LogP contribution >= 0.6 is 23.1 Å². The number of rotatable bonds is 4. The molecule has 0 bridgehead atoms. The average molecular weight is 373 g/mol. The first-order valence-corrected chi connectivity index (χ1v) is 9.24. The lowest BCUT2D eigenvalue weighted by atomic mass is 10.1. The van der Waals surface area contributed by atoms with Crippen molar-refractivity contribution in [2.45, 2.75) is 26.2 Å². The molecular weight excluding hydrogens is 358 g/mol. The van der Waals surface area contributed by atoms with Crippen LogP contribution in [0.4, 0.5) is 0 Å². The molecule has 3 rings (SSSR count). The number of carbonyl (C=O) groups is 2. The first-order valence-electron chi connectivity index (χ1n) is 7.61. The second-order valence-electron chi connectivity index (χ2n) is 5.32. The van der Waals surface area contributed by atoms with E-state index in [1.807, 2.05) is 6.92 Å². The Balaban J connectivity index is 1.81. The minimum atomic E-state index is -0.644. The van der Waals surface area contributed by atoms with Gasteiger partial charge in [-0.25, -0.2) is 0 Å². The van der Waals surface area contributed by atoms with Crippen molar-refractivity contribution in [2.75, 3.05) is 0 Å².